The van der Waals surface area contributed by atoms with Crippen LogP contribution in [0, 0.1) is 11.8 Å². The van der Waals surface area contributed by atoms with Gasteiger partial charge in [0.15, 0.2) is 0 Å². The summed E-state index contributed by atoms with van der Waals surface area (Å²) < 4.78 is 0. The highest BCUT2D eigenvalue weighted by Gasteiger charge is 2.28. The van der Waals surface area contributed by atoms with Crippen molar-refractivity contribution in [1.82, 2.24) is 4.90 Å². The zero-order chi connectivity index (χ0) is 9.03. The van der Waals surface area contributed by atoms with Crippen LogP contribution < -0.4 is 0 Å². The van der Waals surface area contributed by atoms with Crippen LogP contribution in [0.5, 0.6) is 0 Å². The highest BCUT2D eigenvalue weighted by Crippen LogP contribution is 2.19. The Balaban J connectivity index is 2.55. The average Bonchev–Trinajstić information content (AvgIpc) is 2.08. The maximum absolute atomic E-state index is 9.87. The molecule has 0 spiro atoms. The molecule has 1 rings (SSSR count). The normalized spacial score (nSPS) is 22.5. The van der Waals surface area contributed by atoms with E-state index in [0.29, 0.717) is 0 Å². The summed E-state index contributed by atoms with van der Waals surface area (Å²) >= 11 is 0. The quantitative estimate of drug-likeness (QED) is 0.532. The Kier molecular flexibility index (Phi) is 2.91. The molecule has 1 N–H and O–H groups in total. The molecule has 0 atom stereocenters. The molecule has 2 nitrogen and oxygen atoms in total. The second-order valence-electron chi connectivity index (χ2n) is 3.31. The predicted molar refractivity (Wildman–Crippen MR) is 49.7 cm³/mol. The Labute approximate surface area is 73.9 Å². The van der Waals surface area contributed by atoms with E-state index >= 15 is 0 Å². The minimum absolute atomic E-state index is 0.740. The molecule has 2 heteroatoms. The molecule has 1 aliphatic rings. The standard InChI is InChI=1S/C10H15NO/c1-3-4-5-10(12)6-8-11(2)9-7-10/h3,12H,1,6-9H2,2H3. The fourth-order valence-corrected chi connectivity index (χ4v) is 1.30. The van der Waals surface area contributed by atoms with Crippen molar-refractivity contribution >= 4 is 0 Å². The number of aliphatic hydroxyl groups is 1. The SMILES string of the molecule is C=CC#CC1(O)CCN(C)CC1. The second-order valence-corrected chi connectivity index (χ2v) is 3.31. The van der Waals surface area contributed by atoms with Crippen molar-refractivity contribution in [3.05, 3.63) is 12.7 Å². The lowest BCUT2D eigenvalue weighted by molar-refractivity contribution is 0.0350. The highest BCUT2D eigenvalue weighted by atomic mass is 16.3. The fourth-order valence-electron chi connectivity index (χ4n) is 1.30. The van der Waals surface area contributed by atoms with Crippen LogP contribution in [0.1, 0.15) is 12.8 Å². The zero-order valence-corrected chi connectivity index (χ0v) is 7.51. The summed E-state index contributed by atoms with van der Waals surface area (Å²) in [6.45, 7) is 5.33. The minimum atomic E-state index is -0.763. The van der Waals surface area contributed by atoms with Gasteiger partial charge in [0.05, 0.1) is 0 Å². The van der Waals surface area contributed by atoms with Crippen molar-refractivity contribution in [1.29, 1.82) is 0 Å². The van der Waals surface area contributed by atoms with E-state index in [1.54, 1.807) is 0 Å². The van der Waals surface area contributed by atoms with Crippen LogP contribution in [0.2, 0.25) is 0 Å². The second kappa shape index (κ2) is 3.75. The number of hydrogen-bond donors (Lipinski definition) is 1. The van der Waals surface area contributed by atoms with E-state index < -0.39 is 5.60 Å². The Morgan fingerprint density at radius 1 is 1.50 bits per heavy atom. The average molecular weight is 165 g/mol. The van der Waals surface area contributed by atoms with Gasteiger partial charge in [0.2, 0.25) is 0 Å². The van der Waals surface area contributed by atoms with Gasteiger partial charge in [-0.3, -0.25) is 0 Å². The van der Waals surface area contributed by atoms with Gasteiger partial charge < -0.3 is 10.0 Å². The van der Waals surface area contributed by atoms with Crippen LogP contribution in [0.4, 0.5) is 0 Å². The molecule has 1 heterocycles. The summed E-state index contributed by atoms with van der Waals surface area (Å²) in [5.74, 6) is 5.55. The molecule has 1 fully saturated rings. The van der Waals surface area contributed by atoms with E-state index in [9.17, 15) is 5.11 Å². The van der Waals surface area contributed by atoms with Gasteiger partial charge in [-0.15, -0.1) is 0 Å². The maximum atomic E-state index is 9.87. The van der Waals surface area contributed by atoms with Crippen molar-refractivity contribution in [2.24, 2.45) is 0 Å². The topological polar surface area (TPSA) is 23.5 Å². The molecule has 1 aliphatic heterocycles. The summed E-state index contributed by atoms with van der Waals surface area (Å²) in [6, 6.07) is 0. The Morgan fingerprint density at radius 2 is 2.08 bits per heavy atom. The van der Waals surface area contributed by atoms with E-state index in [-0.39, 0.29) is 0 Å². The van der Waals surface area contributed by atoms with E-state index in [1.807, 2.05) is 0 Å². The summed E-state index contributed by atoms with van der Waals surface area (Å²) in [5, 5.41) is 9.87. The van der Waals surface area contributed by atoms with Crippen LogP contribution in [0.25, 0.3) is 0 Å². The van der Waals surface area contributed by atoms with Crippen LogP contribution in [0.3, 0.4) is 0 Å². The third kappa shape index (κ3) is 2.37. The molecular weight excluding hydrogens is 150 g/mol. The monoisotopic (exact) mass is 165 g/mol. The van der Waals surface area contributed by atoms with Gasteiger partial charge in [0, 0.05) is 25.9 Å². The van der Waals surface area contributed by atoms with Gasteiger partial charge in [0.25, 0.3) is 0 Å². The number of likely N-dealkylation sites (tertiary alicyclic amines) is 1. The summed E-state index contributed by atoms with van der Waals surface area (Å²) in [4.78, 5) is 2.20. The smallest absolute Gasteiger partial charge is 0.128 e. The lowest BCUT2D eigenvalue weighted by atomic mass is 9.92. The van der Waals surface area contributed by atoms with Gasteiger partial charge in [-0.2, -0.15) is 0 Å². The predicted octanol–water partition coefficient (Wildman–Crippen LogP) is 0.632. The molecule has 66 valence electrons. The van der Waals surface area contributed by atoms with E-state index in [2.05, 4.69) is 30.4 Å². The summed E-state index contributed by atoms with van der Waals surface area (Å²) in [7, 11) is 2.06. The van der Waals surface area contributed by atoms with Crippen LogP contribution in [0.15, 0.2) is 12.7 Å². The first-order valence-corrected chi connectivity index (χ1v) is 4.21. The zero-order valence-electron chi connectivity index (χ0n) is 7.51. The summed E-state index contributed by atoms with van der Waals surface area (Å²) in [6.07, 6.45) is 3.00. The van der Waals surface area contributed by atoms with Gasteiger partial charge in [-0.05, 0) is 13.1 Å². The number of rotatable bonds is 0. The fraction of sp³-hybridized carbons (Fsp3) is 0.600. The lowest BCUT2D eigenvalue weighted by Gasteiger charge is -2.32. The Hall–Kier alpha value is -0.780. The van der Waals surface area contributed by atoms with E-state index in [0.717, 1.165) is 25.9 Å². The Bertz CT molecular complexity index is 216. The van der Waals surface area contributed by atoms with Crippen molar-refractivity contribution in [3.8, 4) is 11.8 Å². The van der Waals surface area contributed by atoms with Crippen LogP contribution in [-0.2, 0) is 0 Å². The lowest BCUT2D eigenvalue weighted by Crippen LogP contribution is -2.41. The minimum Gasteiger partial charge on any atom is -0.377 e. The largest absolute Gasteiger partial charge is 0.377 e. The maximum Gasteiger partial charge on any atom is 0.128 e. The number of nitrogens with zero attached hydrogens (tertiary/aromatic N) is 1. The molecular formula is C10H15NO. The molecule has 1 saturated heterocycles. The van der Waals surface area contributed by atoms with Crippen molar-refractivity contribution < 1.29 is 5.11 Å². The first-order valence-electron chi connectivity index (χ1n) is 4.21. The van der Waals surface area contributed by atoms with Crippen LogP contribution >= 0.6 is 0 Å². The third-order valence-electron chi connectivity index (χ3n) is 2.22. The summed E-state index contributed by atoms with van der Waals surface area (Å²) in [5.41, 5.74) is -0.763. The molecule has 0 amide bonds. The first kappa shape index (κ1) is 9.31. The van der Waals surface area contributed by atoms with E-state index in [1.165, 1.54) is 6.08 Å². The molecule has 0 aromatic carbocycles. The Morgan fingerprint density at radius 3 is 2.58 bits per heavy atom. The molecule has 0 saturated carbocycles. The van der Waals surface area contributed by atoms with Gasteiger partial charge in [0.1, 0.15) is 5.60 Å². The van der Waals surface area contributed by atoms with Crippen molar-refractivity contribution in [3.63, 3.8) is 0 Å². The number of hydrogen-bond acceptors (Lipinski definition) is 2. The molecule has 0 bridgehead atoms. The third-order valence-corrected chi connectivity index (χ3v) is 2.22. The van der Waals surface area contributed by atoms with E-state index in [4.69, 9.17) is 0 Å². The van der Waals surface area contributed by atoms with Crippen molar-refractivity contribution in [2.75, 3.05) is 20.1 Å². The molecule has 0 radical (unpaired) electrons. The number of piperidine rings is 1. The first-order chi connectivity index (χ1) is 5.66. The highest BCUT2D eigenvalue weighted by molar-refractivity contribution is 5.21. The van der Waals surface area contributed by atoms with Gasteiger partial charge in [-0.1, -0.05) is 18.4 Å². The van der Waals surface area contributed by atoms with Gasteiger partial charge >= 0.3 is 0 Å². The molecule has 0 aromatic heterocycles. The van der Waals surface area contributed by atoms with Crippen molar-refractivity contribution in [2.45, 2.75) is 18.4 Å². The molecule has 12 heavy (non-hydrogen) atoms. The molecule has 0 aliphatic carbocycles. The van der Waals surface area contributed by atoms with Crippen LogP contribution in [-0.4, -0.2) is 35.7 Å². The number of allylic oxidation sites excluding steroid dienone is 1. The van der Waals surface area contributed by atoms with Gasteiger partial charge in [-0.25, -0.2) is 0 Å². The molecule has 0 unspecified atom stereocenters. The molecule has 0 aromatic rings.